The van der Waals surface area contributed by atoms with Gasteiger partial charge < -0.3 is 10.4 Å². The Kier molecular flexibility index (Phi) is 7.35. The number of β-amino-alcohol motifs (C(OH)–C–C–N with tert-alkyl or cyclic N) is 1. The summed E-state index contributed by atoms with van der Waals surface area (Å²) in [5, 5.41) is 16.3. The number of alkyl halides is 3. The maximum absolute atomic E-state index is 12.9. The quantitative estimate of drug-likeness (QED) is 0.683. The number of carbonyl (C=O) groups excluding carboxylic acids is 1. The number of piperazine rings is 1. The average Bonchev–Trinajstić information content (AvgIpc) is 3.17. The molecule has 0 radical (unpaired) electrons. The minimum Gasteiger partial charge on any atom is -0.390 e. The molecule has 1 fully saturated rings. The van der Waals surface area contributed by atoms with Gasteiger partial charge in [-0.05, 0) is 24.3 Å². The first-order chi connectivity index (χ1) is 14.2. The second-order valence-electron chi connectivity index (χ2n) is 7.20. The number of nitrogens with zero attached hydrogens (tertiary/aromatic N) is 4. The van der Waals surface area contributed by atoms with Crippen molar-refractivity contribution < 1.29 is 23.1 Å². The van der Waals surface area contributed by atoms with E-state index < -0.39 is 28.8 Å². The van der Waals surface area contributed by atoms with Crippen LogP contribution in [0.1, 0.15) is 5.56 Å². The standard InChI is InChI=1S/C19H23ClF3N5O2/c20-17-3-2-14(10-16(17)19(21,22)23)25-18(30)13-27-8-6-26(7-9-27)11-15(29)12-28-5-1-4-24-28/h1-5,10,15,29H,6-9,11-13H2,(H,25,30). The SMILES string of the molecule is O=C(CN1CCN(CC(O)Cn2cccn2)CC1)Nc1ccc(Cl)c(C(F)(F)F)c1. The van der Waals surface area contributed by atoms with E-state index in [1.165, 1.54) is 6.07 Å². The van der Waals surface area contributed by atoms with E-state index in [0.29, 0.717) is 39.3 Å². The van der Waals surface area contributed by atoms with E-state index in [1.54, 1.807) is 23.1 Å². The van der Waals surface area contributed by atoms with Crippen LogP contribution in [0.4, 0.5) is 18.9 Å². The number of aromatic nitrogens is 2. The molecule has 0 aliphatic carbocycles. The highest BCUT2D eigenvalue weighted by molar-refractivity contribution is 6.31. The molecule has 1 aromatic carbocycles. The molecule has 0 bridgehead atoms. The first-order valence-electron chi connectivity index (χ1n) is 9.47. The van der Waals surface area contributed by atoms with Gasteiger partial charge in [0.25, 0.3) is 0 Å². The zero-order chi connectivity index (χ0) is 21.7. The zero-order valence-electron chi connectivity index (χ0n) is 16.1. The van der Waals surface area contributed by atoms with Gasteiger partial charge in [0.05, 0.1) is 29.8 Å². The third-order valence-corrected chi connectivity index (χ3v) is 5.14. The molecule has 3 rings (SSSR count). The number of rotatable bonds is 7. The molecule has 0 saturated carbocycles. The van der Waals surface area contributed by atoms with Crippen molar-refractivity contribution in [2.75, 3.05) is 44.6 Å². The Morgan fingerprint density at radius 3 is 2.53 bits per heavy atom. The summed E-state index contributed by atoms with van der Waals surface area (Å²) in [5.41, 5.74) is -0.929. The maximum atomic E-state index is 12.9. The second kappa shape index (κ2) is 9.78. The van der Waals surface area contributed by atoms with Crippen LogP contribution in [-0.4, -0.2) is 76.0 Å². The number of benzene rings is 1. The Morgan fingerprint density at radius 1 is 1.20 bits per heavy atom. The highest BCUT2D eigenvalue weighted by Gasteiger charge is 2.33. The number of carbonyl (C=O) groups is 1. The van der Waals surface area contributed by atoms with Crippen molar-refractivity contribution in [1.29, 1.82) is 0 Å². The molecule has 2 heterocycles. The summed E-state index contributed by atoms with van der Waals surface area (Å²) in [6, 6.07) is 5.09. The van der Waals surface area contributed by atoms with Crippen LogP contribution in [0.3, 0.4) is 0 Å². The van der Waals surface area contributed by atoms with Crippen molar-refractivity contribution in [2.24, 2.45) is 0 Å². The van der Waals surface area contributed by atoms with Gasteiger partial charge >= 0.3 is 6.18 Å². The van der Waals surface area contributed by atoms with E-state index in [4.69, 9.17) is 11.6 Å². The first kappa shape index (κ1) is 22.5. The molecule has 11 heteroatoms. The Bertz CT molecular complexity index is 839. The Morgan fingerprint density at radius 2 is 1.90 bits per heavy atom. The van der Waals surface area contributed by atoms with Crippen molar-refractivity contribution in [2.45, 2.75) is 18.8 Å². The topological polar surface area (TPSA) is 73.6 Å². The molecule has 30 heavy (non-hydrogen) atoms. The predicted molar refractivity (Wildman–Crippen MR) is 106 cm³/mol. The van der Waals surface area contributed by atoms with Crippen molar-refractivity contribution in [3.63, 3.8) is 0 Å². The maximum Gasteiger partial charge on any atom is 0.417 e. The van der Waals surface area contributed by atoms with E-state index in [-0.39, 0.29) is 12.2 Å². The van der Waals surface area contributed by atoms with Gasteiger partial charge in [0.2, 0.25) is 5.91 Å². The van der Waals surface area contributed by atoms with Crippen LogP contribution in [-0.2, 0) is 17.5 Å². The van der Waals surface area contributed by atoms with Crippen LogP contribution in [0.15, 0.2) is 36.7 Å². The molecule has 2 N–H and O–H groups in total. The van der Waals surface area contributed by atoms with Gasteiger partial charge in [0.15, 0.2) is 0 Å². The molecule has 2 aromatic rings. The Labute approximate surface area is 177 Å². The fourth-order valence-corrected chi connectivity index (χ4v) is 3.56. The number of anilines is 1. The van der Waals surface area contributed by atoms with Gasteiger partial charge in [-0.25, -0.2) is 0 Å². The van der Waals surface area contributed by atoms with E-state index in [2.05, 4.69) is 15.3 Å². The lowest BCUT2D eigenvalue weighted by molar-refractivity contribution is -0.137. The van der Waals surface area contributed by atoms with Crippen LogP contribution in [0.2, 0.25) is 5.02 Å². The molecule has 1 unspecified atom stereocenters. The normalized spacial score (nSPS) is 17.1. The van der Waals surface area contributed by atoms with Gasteiger partial charge in [-0.3, -0.25) is 19.3 Å². The van der Waals surface area contributed by atoms with E-state index in [1.807, 2.05) is 4.90 Å². The fraction of sp³-hybridized carbons (Fsp3) is 0.474. The van der Waals surface area contributed by atoms with Crippen LogP contribution in [0, 0.1) is 0 Å². The molecule has 1 aliphatic heterocycles. The average molecular weight is 446 g/mol. The lowest BCUT2D eigenvalue weighted by Gasteiger charge is -2.35. The molecule has 0 spiro atoms. The molecule has 1 aliphatic rings. The van der Waals surface area contributed by atoms with Crippen LogP contribution >= 0.6 is 11.6 Å². The van der Waals surface area contributed by atoms with Crippen LogP contribution in [0.25, 0.3) is 0 Å². The predicted octanol–water partition coefficient (Wildman–Crippen LogP) is 2.17. The van der Waals surface area contributed by atoms with Crippen molar-refractivity contribution in [3.05, 3.63) is 47.2 Å². The Balaban J connectivity index is 1.43. The summed E-state index contributed by atoms with van der Waals surface area (Å²) in [4.78, 5) is 16.3. The summed E-state index contributed by atoms with van der Waals surface area (Å²) in [5.74, 6) is -0.391. The molecule has 1 aromatic heterocycles. The van der Waals surface area contributed by atoms with Gasteiger partial charge in [-0.2, -0.15) is 18.3 Å². The lowest BCUT2D eigenvalue weighted by atomic mass is 10.2. The third kappa shape index (κ3) is 6.43. The molecule has 164 valence electrons. The highest BCUT2D eigenvalue weighted by atomic mass is 35.5. The second-order valence-corrected chi connectivity index (χ2v) is 7.61. The zero-order valence-corrected chi connectivity index (χ0v) is 16.9. The van der Waals surface area contributed by atoms with Crippen molar-refractivity contribution in [3.8, 4) is 0 Å². The molecule has 1 amide bonds. The third-order valence-electron chi connectivity index (χ3n) is 4.81. The number of hydrogen-bond donors (Lipinski definition) is 2. The summed E-state index contributed by atoms with van der Waals surface area (Å²) in [7, 11) is 0. The summed E-state index contributed by atoms with van der Waals surface area (Å²) >= 11 is 5.59. The van der Waals surface area contributed by atoms with Crippen LogP contribution < -0.4 is 5.32 Å². The molecule has 1 atom stereocenters. The van der Waals surface area contributed by atoms with E-state index in [0.717, 1.165) is 12.1 Å². The number of amides is 1. The number of aliphatic hydroxyl groups excluding tert-OH is 1. The van der Waals surface area contributed by atoms with E-state index in [9.17, 15) is 23.1 Å². The number of hydrogen-bond acceptors (Lipinski definition) is 5. The van der Waals surface area contributed by atoms with Crippen molar-refractivity contribution >= 4 is 23.2 Å². The minimum absolute atomic E-state index is 0.0529. The highest BCUT2D eigenvalue weighted by Crippen LogP contribution is 2.36. The van der Waals surface area contributed by atoms with Crippen LogP contribution in [0.5, 0.6) is 0 Å². The number of nitrogens with one attached hydrogen (secondary N) is 1. The first-order valence-corrected chi connectivity index (χ1v) is 9.85. The van der Waals surface area contributed by atoms with Gasteiger partial charge in [0, 0.05) is 50.8 Å². The number of aliphatic hydroxyl groups is 1. The largest absolute Gasteiger partial charge is 0.417 e. The van der Waals surface area contributed by atoms with Gasteiger partial charge in [0.1, 0.15) is 0 Å². The summed E-state index contributed by atoms with van der Waals surface area (Å²) in [6.45, 7) is 3.60. The van der Waals surface area contributed by atoms with Gasteiger partial charge in [-0.1, -0.05) is 11.6 Å². The molecule has 1 saturated heterocycles. The smallest absolute Gasteiger partial charge is 0.390 e. The Hall–Kier alpha value is -2.14. The number of halogens is 4. The summed E-state index contributed by atoms with van der Waals surface area (Å²) < 4.78 is 40.5. The molecule has 7 nitrogen and oxygen atoms in total. The van der Waals surface area contributed by atoms with Crippen molar-refractivity contribution in [1.82, 2.24) is 19.6 Å². The minimum atomic E-state index is -4.59. The lowest BCUT2D eigenvalue weighted by Crippen LogP contribution is -2.50. The summed E-state index contributed by atoms with van der Waals surface area (Å²) in [6.07, 6.45) is -1.69. The fourth-order valence-electron chi connectivity index (χ4n) is 3.33. The van der Waals surface area contributed by atoms with Gasteiger partial charge in [-0.15, -0.1) is 0 Å². The monoisotopic (exact) mass is 445 g/mol. The molecular formula is C19H23ClF3N5O2. The van der Waals surface area contributed by atoms with E-state index >= 15 is 0 Å². The molecular weight excluding hydrogens is 423 g/mol.